The van der Waals surface area contributed by atoms with E-state index < -0.39 is 0 Å². The number of aryl methyl sites for hydroxylation is 2. The largest absolute Gasteiger partial charge is 0.399 e. The lowest BCUT2D eigenvalue weighted by atomic mass is 9.99. The molecule has 1 rings (SSSR count). The van der Waals surface area contributed by atoms with Gasteiger partial charge in [-0.3, -0.25) is 0 Å². The van der Waals surface area contributed by atoms with E-state index in [1.54, 1.807) is 0 Å². The van der Waals surface area contributed by atoms with Gasteiger partial charge >= 0.3 is 0 Å². The Hall–Kier alpha value is -0.980. The van der Waals surface area contributed by atoms with Gasteiger partial charge in [0.15, 0.2) is 0 Å². The highest BCUT2D eigenvalue weighted by molar-refractivity contribution is 5.44. The second kappa shape index (κ2) is 4.90. The summed E-state index contributed by atoms with van der Waals surface area (Å²) in [6, 6.07) is 6.29. The van der Waals surface area contributed by atoms with Crippen LogP contribution in [0.4, 0.5) is 5.69 Å². The van der Waals surface area contributed by atoms with Gasteiger partial charge in [0, 0.05) is 5.69 Å². The van der Waals surface area contributed by atoms with Crippen LogP contribution in [0.1, 0.15) is 37.8 Å². The van der Waals surface area contributed by atoms with Gasteiger partial charge in [-0.15, -0.1) is 0 Å². The fourth-order valence-corrected chi connectivity index (χ4v) is 1.66. The molecule has 0 atom stereocenters. The van der Waals surface area contributed by atoms with Crippen molar-refractivity contribution in [3.05, 3.63) is 29.3 Å². The smallest absolute Gasteiger partial charge is 0.0316 e. The molecule has 0 unspecified atom stereocenters. The predicted octanol–water partition coefficient (Wildman–Crippen LogP) is 3.17. The van der Waals surface area contributed by atoms with Crippen LogP contribution in [0.5, 0.6) is 0 Å². The molecule has 0 aliphatic heterocycles. The zero-order valence-electron chi connectivity index (χ0n) is 8.64. The maximum absolute atomic E-state index is 5.75. The number of nitrogen functional groups attached to an aromatic ring is 1. The number of hydrogen-bond donors (Lipinski definition) is 1. The van der Waals surface area contributed by atoms with Gasteiger partial charge in [0.1, 0.15) is 0 Å². The molecule has 0 amide bonds. The third-order valence-corrected chi connectivity index (χ3v) is 2.27. The first-order chi connectivity index (χ1) is 6.27. The molecule has 0 bridgehead atoms. The summed E-state index contributed by atoms with van der Waals surface area (Å²) in [5, 5.41) is 0. The molecule has 72 valence electrons. The van der Waals surface area contributed by atoms with Crippen molar-refractivity contribution in [3.63, 3.8) is 0 Å². The molecule has 0 aliphatic rings. The maximum Gasteiger partial charge on any atom is 0.0316 e. The van der Waals surface area contributed by atoms with Crippen molar-refractivity contribution in [2.75, 3.05) is 5.73 Å². The average Bonchev–Trinajstić information content (AvgIpc) is 2.10. The Bertz CT molecular complexity index is 266. The molecule has 0 heterocycles. The average molecular weight is 177 g/mol. The summed E-state index contributed by atoms with van der Waals surface area (Å²) in [5.74, 6) is 0. The molecule has 0 spiro atoms. The summed E-state index contributed by atoms with van der Waals surface area (Å²) in [7, 11) is 0. The fraction of sp³-hybridized carbons (Fsp3) is 0.500. The summed E-state index contributed by atoms with van der Waals surface area (Å²) in [4.78, 5) is 0. The standard InChI is InChI=1S/C12H19N/c1-3-5-10-7-8-12(13)9-11(10)6-4-2/h7-9H,3-6,13H2,1-2H3. The van der Waals surface area contributed by atoms with E-state index in [-0.39, 0.29) is 0 Å². The van der Waals surface area contributed by atoms with Crippen molar-refractivity contribution in [1.82, 2.24) is 0 Å². The normalized spacial score (nSPS) is 10.3. The topological polar surface area (TPSA) is 26.0 Å². The summed E-state index contributed by atoms with van der Waals surface area (Å²) in [6.45, 7) is 4.42. The van der Waals surface area contributed by atoms with E-state index in [1.165, 1.54) is 30.4 Å². The Morgan fingerprint density at radius 2 is 1.62 bits per heavy atom. The molecule has 1 nitrogen and oxygen atoms in total. The SMILES string of the molecule is CCCc1ccc(N)cc1CCC. The van der Waals surface area contributed by atoms with Gasteiger partial charge in [0.2, 0.25) is 0 Å². The monoisotopic (exact) mass is 177 g/mol. The van der Waals surface area contributed by atoms with E-state index in [1.807, 2.05) is 6.07 Å². The second-order valence-electron chi connectivity index (χ2n) is 3.53. The van der Waals surface area contributed by atoms with Crippen LogP contribution in [-0.4, -0.2) is 0 Å². The second-order valence-corrected chi connectivity index (χ2v) is 3.53. The zero-order chi connectivity index (χ0) is 9.68. The van der Waals surface area contributed by atoms with Gasteiger partial charge in [-0.1, -0.05) is 32.8 Å². The third kappa shape index (κ3) is 2.76. The number of hydrogen-bond acceptors (Lipinski definition) is 1. The molecule has 0 aromatic heterocycles. The predicted molar refractivity (Wildman–Crippen MR) is 58.8 cm³/mol. The first kappa shape index (κ1) is 10.1. The Labute approximate surface area is 81.0 Å². The minimum absolute atomic E-state index is 0.892. The Morgan fingerprint density at radius 3 is 2.23 bits per heavy atom. The molecule has 1 heteroatoms. The molecular weight excluding hydrogens is 158 g/mol. The van der Waals surface area contributed by atoms with Crippen molar-refractivity contribution in [1.29, 1.82) is 0 Å². The highest BCUT2D eigenvalue weighted by Crippen LogP contribution is 2.16. The van der Waals surface area contributed by atoms with E-state index in [0.29, 0.717) is 0 Å². The minimum Gasteiger partial charge on any atom is -0.399 e. The molecule has 1 aromatic carbocycles. The summed E-state index contributed by atoms with van der Waals surface area (Å²) < 4.78 is 0. The first-order valence-electron chi connectivity index (χ1n) is 5.15. The third-order valence-electron chi connectivity index (χ3n) is 2.27. The number of nitrogens with two attached hydrogens (primary N) is 1. The zero-order valence-corrected chi connectivity index (χ0v) is 8.64. The quantitative estimate of drug-likeness (QED) is 0.702. The van der Waals surface area contributed by atoms with Crippen LogP contribution < -0.4 is 5.73 Å². The van der Waals surface area contributed by atoms with Crippen LogP contribution in [0.2, 0.25) is 0 Å². The summed E-state index contributed by atoms with van der Waals surface area (Å²) in [5.41, 5.74) is 9.55. The van der Waals surface area contributed by atoms with Crippen molar-refractivity contribution in [2.45, 2.75) is 39.5 Å². The van der Waals surface area contributed by atoms with E-state index >= 15 is 0 Å². The Balaban J connectivity index is 2.89. The van der Waals surface area contributed by atoms with Gasteiger partial charge in [0.25, 0.3) is 0 Å². The first-order valence-corrected chi connectivity index (χ1v) is 5.15. The number of benzene rings is 1. The van der Waals surface area contributed by atoms with Gasteiger partial charge in [-0.05, 0) is 36.1 Å². The minimum atomic E-state index is 0.892. The Morgan fingerprint density at radius 1 is 1.00 bits per heavy atom. The highest BCUT2D eigenvalue weighted by atomic mass is 14.5. The van der Waals surface area contributed by atoms with Crippen LogP contribution in [0.3, 0.4) is 0 Å². The summed E-state index contributed by atoms with van der Waals surface area (Å²) >= 11 is 0. The molecule has 0 aliphatic carbocycles. The molecular formula is C12H19N. The fourth-order valence-electron chi connectivity index (χ4n) is 1.66. The molecule has 0 fully saturated rings. The molecule has 2 N–H and O–H groups in total. The van der Waals surface area contributed by atoms with Crippen LogP contribution in [0, 0.1) is 0 Å². The summed E-state index contributed by atoms with van der Waals surface area (Å²) in [6.07, 6.45) is 4.73. The molecule has 13 heavy (non-hydrogen) atoms. The van der Waals surface area contributed by atoms with E-state index in [2.05, 4.69) is 26.0 Å². The van der Waals surface area contributed by atoms with Crippen LogP contribution in [0.25, 0.3) is 0 Å². The van der Waals surface area contributed by atoms with Crippen molar-refractivity contribution in [2.24, 2.45) is 0 Å². The lowest BCUT2D eigenvalue weighted by molar-refractivity contribution is 0.862. The number of rotatable bonds is 4. The van der Waals surface area contributed by atoms with Crippen LogP contribution in [-0.2, 0) is 12.8 Å². The van der Waals surface area contributed by atoms with Crippen LogP contribution >= 0.6 is 0 Å². The lowest BCUT2D eigenvalue weighted by Gasteiger charge is -2.08. The maximum atomic E-state index is 5.75. The highest BCUT2D eigenvalue weighted by Gasteiger charge is 2.00. The van der Waals surface area contributed by atoms with E-state index in [4.69, 9.17) is 5.73 Å². The molecule has 0 saturated carbocycles. The number of anilines is 1. The van der Waals surface area contributed by atoms with Crippen molar-refractivity contribution in [3.8, 4) is 0 Å². The lowest BCUT2D eigenvalue weighted by Crippen LogP contribution is -1.96. The Kier molecular flexibility index (Phi) is 3.81. The van der Waals surface area contributed by atoms with Gasteiger partial charge < -0.3 is 5.73 Å². The van der Waals surface area contributed by atoms with Gasteiger partial charge in [0.05, 0.1) is 0 Å². The van der Waals surface area contributed by atoms with Crippen molar-refractivity contribution >= 4 is 5.69 Å². The van der Waals surface area contributed by atoms with Crippen LogP contribution in [0.15, 0.2) is 18.2 Å². The van der Waals surface area contributed by atoms with Crippen molar-refractivity contribution < 1.29 is 0 Å². The molecule has 0 saturated heterocycles. The van der Waals surface area contributed by atoms with Gasteiger partial charge in [-0.25, -0.2) is 0 Å². The van der Waals surface area contributed by atoms with E-state index in [0.717, 1.165) is 12.1 Å². The van der Waals surface area contributed by atoms with Gasteiger partial charge in [-0.2, -0.15) is 0 Å². The molecule has 1 aromatic rings. The molecule has 0 radical (unpaired) electrons. The van der Waals surface area contributed by atoms with E-state index in [9.17, 15) is 0 Å².